The van der Waals surface area contributed by atoms with Crippen molar-refractivity contribution in [1.82, 2.24) is 9.13 Å². The number of anilines is 1. The molecule has 0 aliphatic rings. The largest absolute Gasteiger partial charge is 0.379 e. The fourth-order valence-electron chi connectivity index (χ4n) is 1.74. The first-order chi connectivity index (χ1) is 9.00. The summed E-state index contributed by atoms with van der Waals surface area (Å²) in [5.74, 6) is 0. The van der Waals surface area contributed by atoms with E-state index >= 15 is 0 Å². The highest BCUT2D eigenvalue weighted by atomic mass is 79.9. The minimum Gasteiger partial charge on any atom is -0.379 e. The van der Waals surface area contributed by atoms with E-state index in [1.54, 1.807) is 7.05 Å². The molecular formula is C13H14BrN3O2. The van der Waals surface area contributed by atoms with Gasteiger partial charge in [-0.3, -0.25) is 13.9 Å². The van der Waals surface area contributed by atoms with Crippen LogP contribution < -0.4 is 16.6 Å². The first-order valence-electron chi connectivity index (χ1n) is 5.75. The van der Waals surface area contributed by atoms with E-state index in [-0.39, 0.29) is 11.2 Å². The van der Waals surface area contributed by atoms with Crippen LogP contribution in [0.15, 0.2) is 44.4 Å². The summed E-state index contributed by atoms with van der Waals surface area (Å²) in [6.07, 6.45) is 0. The predicted molar refractivity (Wildman–Crippen MR) is 78.4 cm³/mol. The second kappa shape index (κ2) is 5.44. The SMILES string of the molecule is Cn1c(CNc2ccccc2Br)cc(=O)n(C)c1=O. The molecule has 2 rings (SSSR count). The molecule has 1 aromatic carbocycles. The van der Waals surface area contributed by atoms with Gasteiger partial charge >= 0.3 is 5.69 Å². The number of nitrogens with zero attached hydrogens (tertiary/aromatic N) is 2. The Hall–Kier alpha value is -1.82. The zero-order chi connectivity index (χ0) is 14.0. The lowest BCUT2D eigenvalue weighted by Gasteiger charge is -2.12. The van der Waals surface area contributed by atoms with Gasteiger partial charge in [0.05, 0.1) is 6.54 Å². The standard InChI is InChI=1S/C13H14BrN3O2/c1-16-9(7-12(18)17(2)13(16)19)8-15-11-6-4-3-5-10(11)14/h3-7,15H,8H2,1-2H3. The van der Waals surface area contributed by atoms with Crippen molar-refractivity contribution in [3.8, 4) is 0 Å². The number of rotatable bonds is 3. The second-order valence-corrected chi connectivity index (χ2v) is 5.06. The van der Waals surface area contributed by atoms with E-state index in [1.807, 2.05) is 24.3 Å². The number of halogens is 1. The topological polar surface area (TPSA) is 56.0 Å². The Labute approximate surface area is 118 Å². The maximum absolute atomic E-state index is 11.8. The third-order valence-electron chi connectivity index (χ3n) is 2.96. The summed E-state index contributed by atoms with van der Waals surface area (Å²) < 4.78 is 3.48. The van der Waals surface area contributed by atoms with Gasteiger partial charge in [-0.15, -0.1) is 0 Å². The van der Waals surface area contributed by atoms with E-state index < -0.39 is 0 Å². The van der Waals surface area contributed by atoms with Crippen molar-refractivity contribution >= 4 is 21.6 Å². The van der Waals surface area contributed by atoms with E-state index in [0.29, 0.717) is 12.2 Å². The maximum atomic E-state index is 11.8. The fraction of sp³-hybridized carbons (Fsp3) is 0.231. The van der Waals surface area contributed by atoms with Gasteiger partial charge in [0.15, 0.2) is 0 Å². The number of para-hydroxylation sites is 1. The Morgan fingerprint density at radius 3 is 2.53 bits per heavy atom. The van der Waals surface area contributed by atoms with Gasteiger partial charge in [0.2, 0.25) is 0 Å². The lowest BCUT2D eigenvalue weighted by Crippen LogP contribution is -2.38. The van der Waals surface area contributed by atoms with Gasteiger partial charge in [-0.25, -0.2) is 4.79 Å². The van der Waals surface area contributed by atoms with Crippen LogP contribution in [-0.2, 0) is 20.6 Å². The highest BCUT2D eigenvalue weighted by molar-refractivity contribution is 9.10. The molecule has 0 unspecified atom stereocenters. The number of benzene rings is 1. The van der Waals surface area contributed by atoms with Gasteiger partial charge in [0.1, 0.15) is 0 Å². The van der Waals surface area contributed by atoms with Crippen molar-refractivity contribution in [1.29, 1.82) is 0 Å². The van der Waals surface area contributed by atoms with Crippen molar-refractivity contribution in [2.45, 2.75) is 6.54 Å². The molecule has 100 valence electrons. The zero-order valence-corrected chi connectivity index (χ0v) is 12.3. The highest BCUT2D eigenvalue weighted by Crippen LogP contribution is 2.21. The van der Waals surface area contributed by atoms with Crippen LogP contribution in [0.5, 0.6) is 0 Å². The van der Waals surface area contributed by atoms with Crippen molar-refractivity contribution in [2.24, 2.45) is 14.1 Å². The number of nitrogens with one attached hydrogen (secondary N) is 1. The zero-order valence-electron chi connectivity index (χ0n) is 10.7. The molecule has 0 saturated heterocycles. The summed E-state index contributed by atoms with van der Waals surface area (Å²) >= 11 is 3.43. The molecule has 0 radical (unpaired) electrons. The molecule has 0 aliphatic heterocycles. The van der Waals surface area contributed by atoms with Crippen LogP contribution in [0, 0.1) is 0 Å². The highest BCUT2D eigenvalue weighted by Gasteiger charge is 2.06. The molecule has 19 heavy (non-hydrogen) atoms. The molecule has 0 saturated carbocycles. The number of hydrogen-bond donors (Lipinski definition) is 1. The van der Waals surface area contributed by atoms with Crippen LogP contribution in [0.4, 0.5) is 5.69 Å². The van der Waals surface area contributed by atoms with Crippen LogP contribution in [-0.4, -0.2) is 9.13 Å². The minimum absolute atomic E-state index is 0.299. The first kappa shape index (κ1) is 13.6. The lowest BCUT2D eigenvalue weighted by molar-refractivity contribution is 0.655. The molecule has 6 heteroatoms. The molecular weight excluding hydrogens is 310 g/mol. The van der Waals surface area contributed by atoms with Crippen molar-refractivity contribution in [3.05, 3.63) is 61.3 Å². The molecule has 5 nitrogen and oxygen atoms in total. The molecule has 0 atom stereocenters. The van der Waals surface area contributed by atoms with Crippen molar-refractivity contribution in [3.63, 3.8) is 0 Å². The normalized spacial score (nSPS) is 10.5. The number of aromatic nitrogens is 2. The van der Waals surface area contributed by atoms with E-state index in [0.717, 1.165) is 14.7 Å². The van der Waals surface area contributed by atoms with E-state index in [1.165, 1.54) is 17.7 Å². The predicted octanol–water partition coefficient (Wildman–Crippen LogP) is 1.46. The molecule has 0 amide bonds. The fourth-order valence-corrected chi connectivity index (χ4v) is 2.16. The summed E-state index contributed by atoms with van der Waals surface area (Å²) in [5, 5.41) is 3.19. The monoisotopic (exact) mass is 323 g/mol. The van der Waals surface area contributed by atoms with E-state index in [4.69, 9.17) is 0 Å². The maximum Gasteiger partial charge on any atom is 0.330 e. The van der Waals surface area contributed by atoms with Gasteiger partial charge < -0.3 is 5.32 Å². The summed E-state index contributed by atoms with van der Waals surface area (Å²) in [6.45, 7) is 0.407. The third kappa shape index (κ3) is 2.78. The Balaban J connectivity index is 2.29. The summed E-state index contributed by atoms with van der Waals surface area (Å²) in [6, 6.07) is 9.14. The second-order valence-electron chi connectivity index (χ2n) is 4.21. The average molecular weight is 324 g/mol. The number of hydrogen-bond acceptors (Lipinski definition) is 3. The summed E-state index contributed by atoms with van der Waals surface area (Å²) in [4.78, 5) is 23.4. The van der Waals surface area contributed by atoms with Crippen molar-refractivity contribution in [2.75, 3.05) is 5.32 Å². The molecule has 1 N–H and O–H groups in total. The van der Waals surface area contributed by atoms with E-state index in [2.05, 4.69) is 21.2 Å². The molecule has 0 fully saturated rings. The lowest BCUT2D eigenvalue weighted by atomic mass is 10.3. The average Bonchev–Trinajstić information content (AvgIpc) is 2.40. The smallest absolute Gasteiger partial charge is 0.330 e. The van der Waals surface area contributed by atoms with Crippen LogP contribution in [0.1, 0.15) is 5.69 Å². The van der Waals surface area contributed by atoms with Crippen LogP contribution >= 0.6 is 15.9 Å². The Morgan fingerprint density at radius 1 is 1.16 bits per heavy atom. The first-order valence-corrected chi connectivity index (χ1v) is 6.54. The van der Waals surface area contributed by atoms with E-state index in [9.17, 15) is 9.59 Å². The molecule has 1 heterocycles. The van der Waals surface area contributed by atoms with Gasteiger partial charge in [0, 0.05) is 36.0 Å². The Kier molecular flexibility index (Phi) is 3.90. The van der Waals surface area contributed by atoms with Gasteiger partial charge in [-0.1, -0.05) is 12.1 Å². The van der Waals surface area contributed by atoms with Crippen LogP contribution in [0.25, 0.3) is 0 Å². The van der Waals surface area contributed by atoms with Crippen molar-refractivity contribution < 1.29 is 0 Å². The van der Waals surface area contributed by atoms with Gasteiger partial charge in [-0.2, -0.15) is 0 Å². The quantitative estimate of drug-likeness (QED) is 0.930. The Morgan fingerprint density at radius 2 is 1.84 bits per heavy atom. The van der Waals surface area contributed by atoms with Crippen LogP contribution in [0.2, 0.25) is 0 Å². The van der Waals surface area contributed by atoms with Gasteiger partial charge in [0.25, 0.3) is 5.56 Å². The summed E-state index contributed by atoms with van der Waals surface area (Å²) in [5.41, 5.74) is 0.933. The molecule has 0 spiro atoms. The molecule has 1 aromatic heterocycles. The molecule has 2 aromatic rings. The third-order valence-corrected chi connectivity index (χ3v) is 3.65. The van der Waals surface area contributed by atoms with Crippen LogP contribution in [0.3, 0.4) is 0 Å². The summed E-state index contributed by atoms with van der Waals surface area (Å²) in [7, 11) is 3.12. The Bertz CT molecular complexity index is 719. The molecule has 0 bridgehead atoms. The minimum atomic E-state index is -0.323. The van der Waals surface area contributed by atoms with Gasteiger partial charge in [-0.05, 0) is 28.1 Å². The molecule has 0 aliphatic carbocycles.